The van der Waals surface area contributed by atoms with Crippen molar-refractivity contribution in [1.82, 2.24) is 5.32 Å². The van der Waals surface area contributed by atoms with Gasteiger partial charge in [-0.15, -0.1) is 0 Å². The first-order chi connectivity index (χ1) is 14.9. The molecule has 0 saturated carbocycles. The molecular weight excluding hydrogens is 414 g/mol. The molecule has 2 heterocycles. The molecule has 3 N–H and O–H groups in total. The lowest BCUT2D eigenvalue weighted by Gasteiger charge is -2.41. The molecule has 184 valence electrons. The molecule has 2 aliphatic heterocycles. The Labute approximate surface area is 191 Å². The van der Waals surface area contributed by atoms with E-state index >= 15 is 0 Å². The lowest BCUT2D eigenvalue weighted by atomic mass is 9.84. The first-order valence-electron chi connectivity index (χ1n) is 11.7. The predicted octanol–water partition coefficient (Wildman–Crippen LogP) is 1.97. The van der Waals surface area contributed by atoms with Crippen LogP contribution in [-0.4, -0.2) is 71.4 Å². The van der Waals surface area contributed by atoms with Crippen LogP contribution in [0.5, 0.6) is 0 Å². The maximum absolute atomic E-state index is 13.1. The van der Waals surface area contributed by atoms with E-state index in [4.69, 9.17) is 14.2 Å². The van der Waals surface area contributed by atoms with Gasteiger partial charge < -0.3 is 29.7 Å². The molecule has 10 atom stereocenters. The Morgan fingerprint density at radius 2 is 1.88 bits per heavy atom. The quantitative estimate of drug-likeness (QED) is 0.551. The fourth-order valence-corrected chi connectivity index (χ4v) is 4.68. The van der Waals surface area contributed by atoms with Gasteiger partial charge in [0, 0.05) is 12.0 Å². The minimum atomic E-state index is -1.47. The number of ether oxygens (including phenoxy) is 3. The fourth-order valence-electron chi connectivity index (χ4n) is 4.68. The minimum absolute atomic E-state index is 0.108. The predicted molar refractivity (Wildman–Crippen MR) is 120 cm³/mol. The van der Waals surface area contributed by atoms with Gasteiger partial charge in [-0.1, -0.05) is 20.8 Å². The van der Waals surface area contributed by atoms with Gasteiger partial charge >= 0.3 is 5.97 Å². The first kappa shape index (κ1) is 26.9. The molecule has 0 aliphatic carbocycles. The summed E-state index contributed by atoms with van der Waals surface area (Å²) in [5.74, 6) is -1.81. The van der Waals surface area contributed by atoms with Gasteiger partial charge in [-0.25, -0.2) is 0 Å². The van der Waals surface area contributed by atoms with Gasteiger partial charge in [0.2, 0.25) is 0 Å². The summed E-state index contributed by atoms with van der Waals surface area (Å²) in [6, 6.07) is -0.197. The molecule has 0 spiro atoms. The van der Waals surface area contributed by atoms with Crippen molar-refractivity contribution in [3.05, 3.63) is 12.2 Å². The third-order valence-electron chi connectivity index (χ3n) is 6.81. The van der Waals surface area contributed by atoms with Crippen LogP contribution in [0, 0.1) is 17.8 Å². The number of nitrogens with one attached hydrogen (secondary N) is 1. The van der Waals surface area contributed by atoms with E-state index in [1.165, 1.54) is 19.1 Å². The van der Waals surface area contributed by atoms with Gasteiger partial charge in [-0.3, -0.25) is 9.59 Å². The second kappa shape index (κ2) is 11.2. The zero-order valence-corrected chi connectivity index (χ0v) is 20.4. The molecule has 0 unspecified atom stereocenters. The topological polar surface area (TPSA) is 114 Å². The Morgan fingerprint density at radius 3 is 2.47 bits per heavy atom. The molecule has 0 aromatic heterocycles. The normalized spacial score (nSPS) is 44.5. The number of hydrogen-bond donors (Lipinski definition) is 3. The van der Waals surface area contributed by atoms with Crippen LogP contribution in [0.1, 0.15) is 60.8 Å². The van der Waals surface area contributed by atoms with Crippen molar-refractivity contribution in [2.45, 2.75) is 103 Å². The average molecular weight is 456 g/mol. The van der Waals surface area contributed by atoms with Crippen molar-refractivity contribution in [2.24, 2.45) is 17.8 Å². The molecular formula is C24H41NO7. The van der Waals surface area contributed by atoms with Crippen LogP contribution in [0.4, 0.5) is 0 Å². The number of carbonyl (C=O) groups is 2. The Bertz CT molecular complexity index is 679. The molecule has 0 amide bonds. The summed E-state index contributed by atoms with van der Waals surface area (Å²) in [6.45, 7) is 10.7. The number of ketones is 1. The Kier molecular flexibility index (Phi) is 9.43. The number of aliphatic hydroxyl groups excluding tert-OH is 1. The van der Waals surface area contributed by atoms with Crippen LogP contribution in [0.25, 0.3) is 0 Å². The Morgan fingerprint density at radius 1 is 1.22 bits per heavy atom. The van der Waals surface area contributed by atoms with Gasteiger partial charge in [0.1, 0.15) is 17.8 Å². The van der Waals surface area contributed by atoms with E-state index in [9.17, 15) is 19.8 Å². The SMILES string of the molecule is CC[C@H]1OC(=O)[C@H](C)[C@@H](O[C@@H]2O[C@H](C)C[C@H](NC)[C@H]2O)[C@@H](C)C[C@@H](C)C(=O)C=C[C@]1(C)O. The van der Waals surface area contributed by atoms with Gasteiger partial charge in [-0.2, -0.15) is 0 Å². The van der Waals surface area contributed by atoms with Crippen molar-refractivity contribution in [3.63, 3.8) is 0 Å². The van der Waals surface area contributed by atoms with E-state index in [0.29, 0.717) is 19.3 Å². The van der Waals surface area contributed by atoms with Crippen molar-refractivity contribution in [2.75, 3.05) is 7.05 Å². The zero-order valence-electron chi connectivity index (χ0n) is 20.4. The first-order valence-corrected chi connectivity index (χ1v) is 11.7. The molecule has 2 aliphatic rings. The molecule has 0 radical (unpaired) electrons. The summed E-state index contributed by atoms with van der Waals surface area (Å²) in [5, 5.41) is 24.7. The van der Waals surface area contributed by atoms with Crippen LogP contribution in [0.15, 0.2) is 12.2 Å². The maximum atomic E-state index is 13.1. The highest BCUT2D eigenvalue weighted by molar-refractivity contribution is 5.91. The second-order valence-electron chi connectivity index (χ2n) is 9.74. The van der Waals surface area contributed by atoms with Crippen molar-refractivity contribution >= 4 is 11.8 Å². The zero-order chi connectivity index (χ0) is 24.2. The molecule has 0 aromatic rings. The van der Waals surface area contributed by atoms with Crippen LogP contribution < -0.4 is 5.32 Å². The largest absolute Gasteiger partial charge is 0.459 e. The molecule has 8 heteroatoms. The summed E-state index contributed by atoms with van der Waals surface area (Å²) in [4.78, 5) is 25.7. The number of aliphatic hydroxyl groups is 2. The van der Waals surface area contributed by atoms with Gasteiger partial charge in [0.05, 0.1) is 18.1 Å². The standard InChI is InChI=1S/C24H41NO7/c1-8-19-24(6,29)10-9-18(26)13(2)11-14(3)21(16(5)22(28)31-19)32-23-20(27)17(25-7)12-15(4)30-23/h9-10,13-17,19-21,23,25,27,29H,8,11-12H2,1-7H3/t13-,14+,15-,16-,17+,19-,20-,21+,23+,24+/m1/s1. The molecule has 1 saturated heterocycles. The molecule has 32 heavy (non-hydrogen) atoms. The third kappa shape index (κ3) is 6.38. The lowest BCUT2D eigenvalue weighted by molar-refractivity contribution is -0.273. The third-order valence-corrected chi connectivity index (χ3v) is 6.81. The number of esters is 1. The van der Waals surface area contributed by atoms with E-state index in [-0.39, 0.29) is 29.8 Å². The highest BCUT2D eigenvalue weighted by Gasteiger charge is 2.42. The summed E-state index contributed by atoms with van der Waals surface area (Å²) in [5.41, 5.74) is -1.47. The monoisotopic (exact) mass is 455 g/mol. The lowest BCUT2D eigenvalue weighted by Crippen LogP contribution is -2.56. The molecule has 1 fully saturated rings. The van der Waals surface area contributed by atoms with Gasteiger partial charge in [-0.05, 0) is 65.2 Å². The second-order valence-corrected chi connectivity index (χ2v) is 9.74. The van der Waals surface area contributed by atoms with E-state index in [1.54, 1.807) is 14.0 Å². The highest BCUT2D eigenvalue weighted by Crippen LogP contribution is 2.31. The van der Waals surface area contributed by atoms with Gasteiger partial charge in [0.15, 0.2) is 12.1 Å². The van der Waals surface area contributed by atoms with Crippen LogP contribution in [-0.2, 0) is 23.8 Å². The van der Waals surface area contributed by atoms with Crippen LogP contribution >= 0.6 is 0 Å². The van der Waals surface area contributed by atoms with Crippen LogP contribution in [0.2, 0.25) is 0 Å². The van der Waals surface area contributed by atoms with E-state index < -0.39 is 42.1 Å². The van der Waals surface area contributed by atoms with Crippen LogP contribution in [0.3, 0.4) is 0 Å². The number of rotatable bonds is 4. The fraction of sp³-hybridized carbons (Fsp3) is 0.833. The molecule has 0 bridgehead atoms. The van der Waals surface area contributed by atoms with Crippen molar-refractivity contribution in [1.29, 1.82) is 0 Å². The summed E-state index contributed by atoms with van der Waals surface area (Å²) < 4.78 is 17.8. The summed E-state index contributed by atoms with van der Waals surface area (Å²) in [6.07, 6.45) is 0.886. The highest BCUT2D eigenvalue weighted by atomic mass is 16.7. The van der Waals surface area contributed by atoms with E-state index in [0.717, 1.165) is 0 Å². The molecule has 2 rings (SSSR count). The summed E-state index contributed by atoms with van der Waals surface area (Å²) in [7, 11) is 1.78. The van der Waals surface area contributed by atoms with E-state index in [1.807, 2.05) is 27.7 Å². The Hall–Kier alpha value is -1.32. The number of carbonyl (C=O) groups excluding carboxylic acids is 2. The number of allylic oxidation sites excluding steroid dienone is 1. The van der Waals surface area contributed by atoms with Crippen molar-refractivity contribution < 1.29 is 34.0 Å². The van der Waals surface area contributed by atoms with E-state index in [2.05, 4.69) is 5.32 Å². The average Bonchev–Trinajstić information content (AvgIpc) is 2.74. The number of likely N-dealkylation sites (N-methyl/N-ethyl adjacent to an activating group) is 1. The molecule has 0 aromatic carbocycles. The molecule has 8 nitrogen and oxygen atoms in total. The van der Waals surface area contributed by atoms with Crippen molar-refractivity contribution in [3.8, 4) is 0 Å². The number of cyclic esters (lactones) is 1. The van der Waals surface area contributed by atoms with Gasteiger partial charge in [0.25, 0.3) is 0 Å². The minimum Gasteiger partial charge on any atom is -0.459 e. The Balaban J connectivity index is 2.35. The number of hydrogen-bond acceptors (Lipinski definition) is 8. The smallest absolute Gasteiger partial charge is 0.311 e. The maximum Gasteiger partial charge on any atom is 0.311 e. The summed E-state index contributed by atoms with van der Waals surface area (Å²) >= 11 is 0.